The van der Waals surface area contributed by atoms with Gasteiger partial charge in [0, 0.05) is 98.0 Å². The van der Waals surface area contributed by atoms with Crippen LogP contribution in [0.25, 0.3) is 142 Å². The normalized spacial score (nSPS) is 11.7. The first-order valence-corrected chi connectivity index (χ1v) is 52.8. The number of benzene rings is 22. The molecule has 5 nitrogen and oxygen atoms in total. The van der Waals surface area contributed by atoms with Crippen molar-refractivity contribution >= 4 is 189 Å². The van der Waals surface area contributed by atoms with E-state index in [2.05, 4.69) is 565 Å². The average Bonchev–Trinajstić information content (AvgIpc) is 0.838. The summed E-state index contributed by atoms with van der Waals surface area (Å²) in [5, 5.41) is 20.6. The van der Waals surface area contributed by atoms with E-state index < -0.39 is 16.1 Å². The van der Waals surface area contributed by atoms with Crippen LogP contribution < -0.4 is 51.3 Å². The van der Waals surface area contributed by atoms with Crippen molar-refractivity contribution in [2.45, 2.75) is 0 Å². The fourth-order valence-corrected chi connectivity index (χ4v) is 32.9. The maximum Gasteiger partial charge on any atom is 0.179 e. The summed E-state index contributed by atoms with van der Waals surface area (Å²) in [4.78, 5) is 4.86. The van der Waals surface area contributed by atoms with Crippen molar-refractivity contribution in [3.05, 3.63) is 558 Å². The molecule has 140 heavy (non-hydrogen) atoms. The van der Waals surface area contributed by atoms with Crippen molar-refractivity contribution in [3.8, 4) is 55.9 Å². The van der Waals surface area contributed by atoms with Crippen LogP contribution in [0.1, 0.15) is 0 Å². The van der Waals surface area contributed by atoms with E-state index in [1.54, 1.807) is 0 Å². The Morgan fingerprint density at radius 3 is 0.907 bits per heavy atom. The van der Waals surface area contributed by atoms with Crippen molar-refractivity contribution < 1.29 is 4.42 Å². The van der Waals surface area contributed by atoms with E-state index >= 15 is 0 Å². The van der Waals surface area contributed by atoms with Gasteiger partial charge in [0.05, 0.1) is 22.1 Å². The molecule has 0 bridgehead atoms. The van der Waals surface area contributed by atoms with Crippen LogP contribution in [0, 0.1) is 0 Å². The van der Waals surface area contributed by atoms with E-state index in [1.165, 1.54) is 139 Å². The molecule has 22 aromatic carbocycles. The van der Waals surface area contributed by atoms with E-state index in [0.717, 1.165) is 78.6 Å². The zero-order chi connectivity index (χ0) is 92.9. The number of hydrogen-bond acceptors (Lipinski definition) is 4. The number of para-hydroxylation sites is 5. The summed E-state index contributed by atoms with van der Waals surface area (Å²) in [7, 11) is -5.65. The van der Waals surface area contributed by atoms with Crippen LogP contribution in [0.3, 0.4) is 0 Å². The summed E-state index contributed by atoms with van der Waals surface area (Å²) in [6.45, 7) is 0. The highest BCUT2D eigenvalue weighted by Crippen LogP contribution is 2.47. The molecule has 8 heteroatoms. The minimum absolute atomic E-state index is 0.893. The van der Waals surface area contributed by atoms with Gasteiger partial charge in [-0.3, -0.25) is 0 Å². The molecule has 0 spiro atoms. The summed E-state index contributed by atoms with van der Waals surface area (Å²) in [5.74, 6) is 0. The molecular formula is C132H92N4OSSi2. The molecule has 0 saturated heterocycles. The number of aromatic nitrogens is 2. The molecule has 0 radical (unpaired) electrons. The summed E-state index contributed by atoms with van der Waals surface area (Å²) in [6.07, 6.45) is 0. The van der Waals surface area contributed by atoms with Gasteiger partial charge in [-0.2, -0.15) is 0 Å². The second-order valence-corrected chi connectivity index (χ2v) is 44.7. The van der Waals surface area contributed by atoms with Crippen molar-refractivity contribution in [3.63, 3.8) is 0 Å². The van der Waals surface area contributed by atoms with Crippen LogP contribution in [0.5, 0.6) is 0 Å². The van der Waals surface area contributed by atoms with Gasteiger partial charge in [-0.25, -0.2) is 0 Å². The highest BCUT2D eigenvalue weighted by Gasteiger charge is 2.44. The Morgan fingerprint density at radius 1 is 0.186 bits per heavy atom. The predicted octanol–water partition coefficient (Wildman–Crippen LogP) is 30.2. The van der Waals surface area contributed by atoms with Gasteiger partial charge in [-0.05, 0) is 232 Å². The number of hydrogen-bond donors (Lipinski definition) is 0. The lowest BCUT2D eigenvalue weighted by molar-refractivity contribution is 0.669. The van der Waals surface area contributed by atoms with E-state index in [4.69, 9.17) is 4.42 Å². The first-order chi connectivity index (χ1) is 69.5. The van der Waals surface area contributed by atoms with Gasteiger partial charge in [0.2, 0.25) is 0 Å². The summed E-state index contributed by atoms with van der Waals surface area (Å²) in [5.41, 5.74) is 24.9. The SMILES string of the molecule is c1ccc(-n2c3ccccc3c3c(-c4ccc(N(c5ccc(-c6ccc7c(c6)oc6ccccc67)cc5)c5cccc([Si](c6ccccc6)(c6ccccc6)c6ccccc6)c5)cc4)cccc32)cc1.c1ccc(-n2c3ccccc3c3c(-c4ccc(N(c5ccc(-c6cccc7c6sc6ccccc67)cc5)c5cccc([Si](c6ccccc6)(c6ccccc6)c6ccccc6)c5)cc4)cccc32)cc1. The molecule has 0 aliphatic rings. The molecule has 0 fully saturated rings. The Kier molecular flexibility index (Phi) is 21.8. The van der Waals surface area contributed by atoms with E-state index in [-0.39, 0.29) is 0 Å². The maximum absolute atomic E-state index is 6.33. The summed E-state index contributed by atoms with van der Waals surface area (Å²) in [6, 6.07) is 205. The highest BCUT2D eigenvalue weighted by atomic mass is 32.1. The third kappa shape index (κ3) is 14.8. The van der Waals surface area contributed by atoms with Gasteiger partial charge >= 0.3 is 0 Å². The molecule has 26 aromatic rings. The molecule has 660 valence electrons. The molecule has 0 aliphatic heterocycles. The minimum Gasteiger partial charge on any atom is -0.456 e. The fourth-order valence-electron chi connectivity index (χ4n) is 22.1. The average molecular weight is 1840 g/mol. The Morgan fingerprint density at radius 2 is 0.486 bits per heavy atom. The Balaban J connectivity index is 0.000000148. The number of nitrogens with zero attached hydrogens (tertiary/aromatic N) is 4. The van der Waals surface area contributed by atoms with Crippen LogP contribution in [-0.4, -0.2) is 25.3 Å². The molecule has 0 amide bonds. The third-order valence-corrected chi connectivity index (χ3v) is 39.1. The predicted molar refractivity (Wildman–Crippen MR) is 600 cm³/mol. The third-order valence-electron chi connectivity index (χ3n) is 28.3. The number of fused-ring (bicyclic) bond motifs is 12. The van der Waals surface area contributed by atoms with Gasteiger partial charge in [0.25, 0.3) is 0 Å². The molecule has 4 heterocycles. The largest absolute Gasteiger partial charge is 0.456 e. The van der Waals surface area contributed by atoms with E-state index in [1.807, 2.05) is 23.5 Å². The van der Waals surface area contributed by atoms with Crippen molar-refractivity contribution in [1.82, 2.24) is 9.13 Å². The first kappa shape index (κ1) is 84.3. The highest BCUT2D eigenvalue weighted by molar-refractivity contribution is 7.26. The second kappa shape index (κ2) is 36.3. The monoisotopic (exact) mass is 1840 g/mol. The van der Waals surface area contributed by atoms with Gasteiger partial charge in [0.1, 0.15) is 11.2 Å². The van der Waals surface area contributed by atoms with E-state index in [9.17, 15) is 0 Å². The lowest BCUT2D eigenvalue weighted by Crippen LogP contribution is -2.74. The first-order valence-electron chi connectivity index (χ1n) is 48.0. The minimum atomic E-state index is -2.83. The van der Waals surface area contributed by atoms with E-state index in [0.29, 0.717) is 0 Å². The smallest absolute Gasteiger partial charge is 0.179 e. The van der Waals surface area contributed by atoms with Crippen LogP contribution in [0.2, 0.25) is 0 Å². The standard InChI is InChI=1S/C66H46N2OSi.C66H46N2SSi/c1-5-19-50(20-6-1)68-62-32-15-13-30-61(62)66-58(31-18-33-63(66)68)48-37-42-52(43-38-48)67(51-40-35-47(36-41-51)49-39-44-60-59-29-14-16-34-64(59)69-65(60)45-49)53-21-17-28-57(46-53)70(54-22-7-2-8-23-54,55-24-9-3-10-25-55)56-26-11-4-12-27-56;1-5-20-49(21-6-1)68-62-35-15-13-31-61(62)65-57(32-19-36-63(65)68)47-38-42-50(43-39-47)67(51-44-40-48(41-45-51)58-33-18-34-60-59-30-14-16-37-64(59)69-66(58)60)52-22-17-29-56(46-52)70(53-23-7-2-8-24-53,54-25-9-3-10-26-54)55-27-11-4-12-28-55/h2*1-46H. The molecule has 0 saturated carbocycles. The lowest BCUT2D eigenvalue weighted by atomic mass is 9.99. The van der Waals surface area contributed by atoms with Gasteiger partial charge in [0.15, 0.2) is 16.1 Å². The summed E-state index contributed by atoms with van der Waals surface area (Å²) < 4.78 is 13.7. The van der Waals surface area contributed by atoms with Crippen LogP contribution in [0.15, 0.2) is 563 Å². The Hall–Kier alpha value is -17.5. The molecule has 0 atom stereocenters. The quantitative estimate of drug-likeness (QED) is 0.0563. The number of furan rings is 1. The van der Waals surface area contributed by atoms with Crippen LogP contribution in [-0.2, 0) is 0 Å². The van der Waals surface area contributed by atoms with Gasteiger partial charge in [-0.15, -0.1) is 11.3 Å². The van der Waals surface area contributed by atoms with Crippen molar-refractivity contribution in [2.24, 2.45) is 0 Å². The molecule has 4 aromatic heterocycles. The lowest BCUT2D eigenvalue weighted by Gasteiger charge is -2.35. The van der Waals surface area contributed by atoms with Crippen LogP contribution >= 0.6 is 11.3 Å². The van der Waals surface area contributed by atoms with Crippen molar-refractivity contribution in [1.29, 1.82) is 0 Å². The zero-order valence-corrected chi connectivity index (χ0v) is 79.5. The number of anilines is 6. The molecule has 0 unspecified atom stereocenters. The Bertz CT molecular complexity index is 8820. The Labute approximate surface area is 819 Å². The molecular weight excluding hydrogens is 1750 g/mol. The second-order valence-electron chi connectivity index (χ2n) is 36.0. The van der Waals surface area contributed by atoms with Gasteiger partial charge in [-0.1, -0.05) is 413 Å². The zero-order valence-electron chi connectivity index (χ0n) is 76.7. The topological polar surface area (TPSA) is 29.5 Å². The molecule has 0 N–H and O–H groups in total. The van der Waals surface area contributed by atoms with Gasteiger partial charge < -0.3 is 23.4 Å². The maximum atomic E-state index is 6.33. The van der Waals surface area contributed by atoms with Crippen molar-refractivity contribution in [2.75, 3.05) is 9.80 Å². The number of thiophene rings is 1. The fraction of sp³-hybridized carbons (Fsp3) is 0. The van der Waals surface area contributed by atoms with Crippen LogP contribution in [0.4, 0.5) is 34.1 Å². The molecule has 0 aliphatic carbocycles. The molecule has 26 rings (SSSR count). The number of rotatable bonds is 20. The summed E-state index contributed by atoms with van der Waals surface area (Å²) >= 11 is 1.88.